The molecule has 1 nitrogen and oxygen atoms in total. The first kappa shape index (κ1) is 14.5. The van der Waals surface area contributed by atoms with Gasteiger partial charge in [0.2, 0.25) is 0 Å². The highest BCUT2D eigenvalue weighted by Gasteiger charge is 2.11. The summed E-state index contributed by atoms with van der Waals surface area (Å²) < 4.78 is 1.09. The third-order valence-electron chi connectivity index (χ3n) is 3.54. The maximum Gasteiger partial charge on any atom is 0.0979 e. The topological polar surface area (TPSA) is 12.9 Å². The van der Waals surface area contributed by atoms with Crippen molar-refractivity contribution in [1.82, 2.24) is 4.98 Å². The molecule has 3 aromatic rings. The van der Waals surface area contributed by atoms with Gasteiger partial charge in [0.15, 0.2) is 0 Å². The van der Waals surface area contributed by atoms with E-state index in [0.29, 0.717) is 0 Å². The van der Waals surface area contributed by atoms with Gasteiger partial charge in [-0.25, -0.2) is 4.98 Å². The molecule has 0 aliphatic heterocycles. The van der Waals surface area contributed by atoms with Crippen LogP contribution in [0.15, 0.2) is 53.0 Å². The first-order chi connectivity index (χ1) is 10.1. The van der Waals surface area contributed by atoms with Crippen molar-refractivity contribution in [1.29, 1.82) is 0 Å². The third-order valence-corrected chi connectivity index (χ3v) is 5.01. The fourth-order valence-electron chi connectivity index (χ4n) is 2.40. The number of aryl methyl sites for hydroxylation is 2. The Morgan fingerprint density at radius 3 is 2.62 bits per heavy atom. The Labute approximate surface area is 137 Å². The Bertz CT molecular complexity index is 776. The molecule has 0 fully saturated rings. The molecule has 0 spiro atoms. The van der Waals surface area contributed by atoms with Gasteiger partial charge in [0.25, 0.3) is 0 Å². The summed E-state index contributed by atoms with van der Waals surface area (Å²) in [7, 11) is 0. The van der Waals surface area contributed by atoms with Crippen LogP contribution in [-0.4, -0.2) is 4.98 Å². The van der Waals surface area contributed by atoms with E-state index in [-0.39, 0.29) is 0 Å². The van der Waals surface area contributed by atoms with E-state index in [9.17, 15) is 0 Å². The van der Waals surface area contributed by atoms with Gasteiger partial charge in [-0.15, -0.1) is 11.3 Å². The number of hydrogen-bond donors (Lipinski definition) is 0. The Balaban J connectivity index is 1.93. The highest BCUT2D eigenvalue weighted by molar-refractivity contribution is 9.10. The van der Waals surface area contributed by atoms with Gasteiger partial charge in [-0.05, 0) is 37.1 Å². The van der Waals surface area contributed by atoms with E-state index in [4.69, 9.17) is 4.98 Å². The van der Waals surface area contributed by atoms with E-state index in [1.54, 1.807) is 11.3 Å². The van der Waals surface area contributed by atoms with Crippen LogP contribution in [0, 0.1) is 13.8 Å². The second-order valence-corrected chi connectivity index (χ2v) is 7.33. The maximum absolute atomic E-state index is 4.86. The molecule has 0 atom stereocenters. The number of rotatable bonds is 3. The Morgan fingerprint density at radius 1 is 1.05 bits per heavy atom. The standard InChI is InChI=1S/C18H16BrNS/c1-12-6-3-4-7-14(12)11-17-20-18(13(2)21-17)15-8-5-9-16(19)10-15/h3-10H,11H2,1-2H3. The molecule has 0 N–H and O–H groups in total. The Kier molecular flexibility index (Phi) is 4.22. The molecular weight excluding hydrogens is 342 g/mol. The summed E-state index contributed by atoms with van der Waals surface area (Å²) in [5, 5.41) is 1.18. The molecule has 1 aromatic heterocycles. The van der Waals surface area contributed by atoms with Gasteiger partial charge in [0.1, 0.15) is 0 Å². The van der Waals surface area contributed by atoms with E-state index in [1.807, 2.05) is 6.07 Å². The summed E-state index contributed by atoms with van der Waals surface area (Å²) in [4.78, 5) is 6.13. The van der Waals surface area contributed by atoms with E-state index in [0.717, 1.165) is 16.6 Å². The van der Waals surface area contributed by atoms with E-state index in [2.05, 4.69) is 72.2 Å². The lowest BCUT2D eigenvalue weighted by molar-refractivity contribution is 1.11. The highest BCUT2D eigenvalue weighted by Crippen LogP contribution is 2.30. The van der Waals surface area contributed by atoms with Crippen LogP contribution in [0.25, 0.3) is 11.3 Å². The number of nitrogens with zero attached hydrogens (tertiary/aromatic N) is 1. The molecule has 0 unspecified atom stereocenters. The SMILES string of the molecule is Cc1ccccc1Cc1nc(-c2cccc(Br)c2)c(C)s1. The fraction of sp³-hybridized carbons (Fsp3) is 0.167. The summed E-state index contributed by atoms with van der Waals surface area (Å²) in [6.07, 6.45) is 0.909. The van der Waals surface area contributed by atoms with Crippen LogP contribution >= 0.6 is 27.3 Å². The monoisotopic (exact) mass is 357 g/mol. The first-order valence-electron chi connectivity index (χ1n) is 6.90. The predicted molar refractivity (Wildman–Crippen MR) is 94.0 cm³/mol. The van der Waals surface area contributed by atoms with E-state index >= 15 is 0 Å². The molecule has 0 saturated heterocycles. The van der Waals surface area contributed by atoms with Gasteiger partial charge in [-0.1, -0.05) is 52.3 Å². The van der Waals surface area contributed by atoms with Gasteiger partial charge in [-0.3, -0.25) is 0 Å². The van der Waals surface area contributed by atoms with Gasteiger partial charge >= 0.3 is 0 Å². The molecule has 0 saturated carbocycles. The zero-order valence-electron chi connectivity index (χ0n) is 12.1. The number of thiazole rings is 1. The van der Waals surface area contributed by atoms with Crippen LogP contribution < -0.4 is 0 Å². The summed E-state index contributed by atoms with van der Waals surface area (Å²) in [5.41, 5.74) is 4.96. The molecule has 0 amide bonds. The Morgan fingerprint density at radius 2 is 1.86 bits per heavy atom. The molecule has 21 heavy (non-hydrogen) atoms. The van der Waals surface area contributed by atoms with Crippen LogP contribution in [0.2, 0.25) is 0 Å². The molecule has 0 aliphatic carbocycles. The molecule has 0 radical (unpaired) electrons. The van der Waals surface area contributed by atoms with Crippen molar-refractivity contribution >= 4 is 27.3 Å². The van der Waals surface area contributed by atoms with Crippen molar-refractivity contribution in [2.75, 3.05) is 0 Å². The van der Waals surface area contributed by atoms with Crippen molar-refractivity contribution in [2.24, 2.45) is 0 Å². The zero-order chi connectivity index (χ0) is 14.8. The van der Waals surface area contributed by atoms with Crippen LogP contribution in [-0.2, 0) is 6.42 Å². The van der Waals surface area contributed by atoms with Crippen molar-refractivity contribution in [3.05, 3.63) is 74.0 Å². The lowest BCUT2D eigenvalue weighted by atomic mass is 10.1. The van der Waals surface area contributed by atoms with E-state index < -0.39 is 0 Å². The minimum absolute atomic E-state index is 0.909. The zero-order valence-corrected chi connectivity index (χ0v) is 14.5. The Hall–Kier alpha value is -1.45. The molecule has 106 valence electrons. The lowest BCUT2D eigenvalue weighted by Crippen LogP contribution is -1.90. The minimum atomic E-state index is 0.909. The molecule has 2 aromatic carbocycles. The highest BCUT2D eigenvalue weighted by atomic mass is 79.9. The molecule has 3 rings (SSSR count). The van der Waals surface area contributed by atoms with Crippen LogP contribution in [0.1, 0.15) is 21.0 Å². The number of benzene rings is 2. The quantitative estimate of drug-likeness (QED) is 0.578. The predicted octanol–water partition coefficient (Wildman–Crippen LogP) is 5.78. The van der Waals surface area contributed by atoms with E-state index in [1.165, 1.54) is 26.6 Å². The summed E-state index contributed by atoms with van der Waals surface area (Å²) >= 11 is 5.32. The number of aromatic nitrogens is 1. The van der Waals surface area contributed by atoms with Crippen molar-refractivity contribution in [3.8, 4) is 11.3 Å². The summed E-state index contributed by atoms with van der Waals surface area (Å²) in [5.74, 6) is 0. The lowest BCUT2D eigenvalue weighted by Gasteiger charge is -2.02. The smallest absolute Gasteiger partial charge is 0.0979 e. The second kappa shape index (κ2) is 6.12. The van der Waals surface area contributed by atoms with Crippen LogP contribution in [0.3, 0.4) is 0 Å². The van der Waals surface area contributed by atoms with Crippen LogP contribution in [0.5, 0.6) is 0 Å². The summed E-state index contributed by atoms with van der Waals surface area (Å²) in [6.45, 7) is 4.31. The minimum Gasteiger partial charge on any atom is -0.241 e. The first-order valence-corrected chi connectivity index (χ1v) is 8.51. The van der Waals surface area contributed by atoms with Gasteiger partial charge < -0.3 is 0 Å². The number of hydrogen-bond acceptors (Lipinski definition) is 2. The molecule has 3 heteroatoms. The fourth-order valence-corrected chi connectivity index (χ4v) is 3.78. The molecular formula is C18H16BrNS. The van der Waals surface area contributed by atoms with Gasteiger partial charge in [-0.2, -0.15) is 0 Å². The van der Waals surface area contributed by atoms with Crippen molar-refractivity contribution in [2.45, 2.75) is 20.3 Å². The average Bonchev–Trinajstić information content (AvgIpc) is 2.82. The van der Waals surface area contributed by atoms with Gasteiger partial charge in [0, 0.05) is 21.3 Å². The van der Waals surface area contributed by atoms with Gasteiger partial charge in [0.05, 0.1) is 10.7 Å². The summed E-state index contributed by atoms with van der Waals surface area (Å²) in [6, 6.07) is 16.9. The normalized spacial score (nSPS) is 10.8. The van der Waals surface area contributed by atoms with Crippen LogP contribution in [0.4, 0.5) is 0 Å². The maximum atomic E-state index is 4.86. The molecule has 1 heterocycles. The van der Waals surface area contributed by atoms with Crippen molar-refractivity contribution < 1.29 is 0 Å². The second-order valence-electron chi connectivity index (χ2n) is 5.13. The third kappa shape index (κ3) is 3.25. The number of halogens is 1. The molecule has 0 aliphatic rings. The average molecular weight is 358 g/mol. The van der Waals surface area contributed by atoms with Crippen molar-refractivity contribution in [3.63, 3.8) is 0 Å². The largest absolute Gasteiger partial charge is 0.241 e. The molecule has 0 bridgehead atoms.